The Labute approximate surface area is 144 Å². The van der Waals surface area contributed by atoms with Crippen molar-refractivity contribution in [1.82, 2.24) is 15.3 Å². The number of nitriles is 1. The molecule has 0 atom stereocenters. The Bertz CT molecular complexity index is 962. The van der Waals surface area contributed by atoms with Crippen LogP contribution >= 0.6 is 0 Å². The predicted octanol–water partition coefficient (Wildman–Crippen LogP) is 3.16. The molecule has 0 radical (unpaired) electrons. The van der Waals surface area contributed by atoms with Gasteiger partial charge in [0.25, 0.3) is 5.91 Å². The first-order valence-electron chi connectivity index (χ1n) is 7.91. The second kappa shape index (κ2) is 6.73. The monoisotopic (exact) mass is 336 g/mol. The molecule has 0 aliphatic heterocycles. The van der Waals surface area contributed by atoms with Crippen molar-refractivity contribution in [3.63, 3.8) is 0 Å². The lowest BCUT2D eigenvalue weighted by Crippen LogP contribution is -2.26. The molecule has 0 unspecified atom stereocenters. The van der Waals surface area contributed by atoms with E-state index in [1.807, 2.05) is 32.0 Å². The number of nitrogens with one attached hydrogen (secondary N) is 2. The number of amides is 1. The standard InChI is InChI=1S/C19H17FN4O/c1-11-7-16-17(8-12(11)2)24-18(23-16)5-6-22-19(25)14-4-3-13(10-21)9-15(14)20/h3-4,7-9H,5-6H2,1-2H3,(H,22,25)(H,23,24). The van der Waals surface area contributed by atoms with Crippen molar-refractivity contribution in [1.29, 1.82) is 5.26 Å². The zero-order valence-corrected chi connectivity index (χ0v) is 14.0. The highest BCUT2D eigenvalue weighted by Gasteiger charge is 2.12. The molecule has 3 aromatic rings. The molecule has 6 heteroatoms. The van der Waals surface area contributed by atoms with Crippen LogP contribution in [-0.2, 0) is 6.42 Å². The summed E-state index contributed by atoms with van der Waals surface area (Å²) in [5.41, 5.74) is 4.32. The molecule has 2 aromatic carbocycles. The van der Waals surface area contributed by atoms with Gasteiger partial charge in [-0.25, -0.2) is 9.37 Å². The number of hydrogen-bond donors (Lipinski definition) is 2. The van der Waals surface area contributed by atoms with Crippen molar-refractivity contribution < 1.29 is 9.18 Å². The maximum Gasteiger partial charge on any atom is 0.254 e. The minimum absolute atomic E-state index is 0.0742. The Hall–Kier alpha value is -3.20. The number of fused-ring (bicyclic) bond motifs is 1. The third-order valence-electron chi connectivity index (χ3n) is 4.14. The van der Waals surface area contributed by atoms with E-state index in [-0.39, 0.29) is 11.1 Å². The van der Waals surface area contributed by atoms with E-state index in [1.54, 1.807) is 0 Å². The molecule has 0 saturated heterocycles. The van der Waals surface area contributed by atoms with Gasteiger partial charge < -0.3 is 10.3 Å². The summed E-state index contributed by atoms with van der Waals surface area (Å²) < 4.78 is 13.8. The first-order valence-corrected chi connectivity index (χ1v) is 7.91. The normalized spacial score (nSPS) is 10.6. The lowest BCUT2D eigenvalue weighted by Gasteiger charge is -2.05. The highest BCUT2D eigenvalue weighted by Crippen LogP contribution is 2.17. The first kappa shape index (κ1) is 16.7. The number of imidazole rings is 1. The molecule has 25 heavy (non-hydrogen) atoms. The SMILES string of the molecule is Cc1cc2nc(CCNC(=O)c3ccc(C#N)cc3F)[nH]c2cc1C. The summed E-state index contributed by atoms with van der Waals surface area (Å²) in [6.45, 7) is 4.41. The molecule has 1 amide bonds. The maximum absolute atomic E-state index is 13.8. The van der Waals surface area contributed by atoms with Crippen LogP contribution in [0.25, 0.3) is 11.0 Å². The zero-order chi connectivity index (χ0) is 18.0. The smallest absolute Gasteiger partial charge is 0.254 e. The molecule has 0 saturated carbocycles. The quantitative estimate of drug-likeness (QED) is 0.768. The summed E-state index contributed by atoms with van der Waals surface area (Å²) in [5, 5.41) is 11.4. The van der Waals surface area contributed by atoms with Gasteiger partial charge in [-0.15, -0.1) is 0 Å². The maximum atomic E-state index is 13.8. The third kappa shape index (κ3) is 3.50. The number of carbonyl (C=O) groups excluding carboxylic acids is 1. The average molecular weight is 336 g/mol. The molecule has 5 nitrogen and oxygen atoms in total. The fourth-order valence-corrected chi connectivity index (χ4v) is 2.60. The van der Waals surface area contributed by atoms with Gasteiger partial charge in [0, 0.05) is 13.0 Å². The lowest BCUT2D eigenvalue weighted by molar-refractivity contribution is 0.0950. The van der Waals surface area contributed by atoms with Gasteiger partial charge >= 0.3 is 0 Å². The lowest BCUT2D eigenvalue weighted by atomic mass is 10.1. The molecule has 2 N–H and O–H groups in total. The van der Waals surface area contributed by atoms with E-state index in [4.69, 9.17) is 5.26 Å². The van der Waals surface area contributed by atoms with Gasteiger partial charge in [-0.05, 0) is 55.3 Å². The van der Waals surface area contributed by atoms with Gasteiger partial charge in [-0.3, -0.25) is 4.79 Å². The highest BCUT2D eigenvalue weighted by atomic mass is 19.1. The van der Waals surface area contributed by atoms with Gasteiger partial charge in [0.2, 0.25) is 0 Å². The van der Waals surface area contributed by atoms with Crippen molar-refractivity contribution in [3.05, 3.63) is 64.2 Å². The summed E-state index contributed by atoms with van der Waals surface area (Å²) in [4.78, 5) is 19.8. The van der Waals surface area contributed by atoms with Crippen LogP contribution in [0.1, 0.15) is 32.9 Å². The molecule has 126 valence electrons. The molecule has 0 spiro atoms. The van der Waals surface area contributed by atoms with E-state index in [2.05, 4.69) is 15.3 Å². The summed E-state index contributed by atoms with van der Waals surface area (Å²) in [7, 11) is 0. The largest absolute Gasteiger partial charge is 0.351 e. The Kier molecular flexibility index (Phi) is 4.48. The molecule has 1 heterocycles. The molecule has 0 aliphatic rings. The van der Waals surface area contributed by atoms with Crippen LogP contribution in [0, 0.1) is 31.0 Å². The number of halogens is 1. The number of aromatic nitrogens is 2. The molecule has 0 bridgehead atoms. The van der Waals surface area contributed by atoms with E-state index >= 15 is 0 Å². The number of rotatable bonds is 4. The Balaban J connectivity index is 1.65. The highest BCUT2D eigenvalue weighted by molar-refractivity contribution is 5.94. The number of aryl methyl sites for hydroxylation is 2. The van der Waals surface area contributed by atoms with E-state index in [0.717, 1.165) is 22.9 Å². The summed E-state index contributed by atoms with van der Waals surface area (Å²) >= 11 is 0. The van der Waals surface area contributed by atoms with Gasteiger partial charge in [0.15, 0.2) is 0 Å². The number of benzene rings is 2. The first-order chi connectivity index (χ1) is 12.0. The average Bonchev–Trinajstić information content (AvgIpc) is 2.96. The Morgan fingerprint density at radius 2 is 2.04 bits per heavy atom. The molecule has 1 aromatic heterocycles. The van der Waals surface area contributed by atoms with Gasteiger partial charge in [0.1, 0.15) is 11.6 Å². The van der Waals surface area contributed by atoms with Crippen molar-refractivity contribution >= 4 is 16.9 Å². The molecule has 3 rings (SSSR count). The second-order valence-electron chi connectivity index (χ2n) is 5.95. The summed E-state index contributed by atoms with van der Waals surface area (Å²) in [6, 6.07) is 9.69. The minimum atomic E-state index is -0.703. The number of hydrogen-bond acceptors (Lipinski definition) is 3. The third-order valence-corrected chi connectivity index (χ3v) is 4.14. The minimum Gasteiger partial charge on any atom is -0.351 e. The zero-order valence-electron chi connectivity index (χ0n) is 14.0. The topological polar surface area (TPSA) is 81.6 Å². The van der Waals surface area contributed by atoms with Gasteiger partial charge in [0.05, 0.1) is 28.2 Å². The van der Waals surface area contributed by atoms with E-state index in [0.29, 0.717) is 13.0 Å². The fraction of sp³-hybridized carbons (Fsp3) is 0.211. The summed E-state index contributed by atoms with van der Waals surface area (Å²) in [6.07, 6.45) is 0.510. The summed E-state index contributed by atoms with van der Waals surface area (Å²) in [5.74, 6) is -0.448. The molecular formula is C19H17FN4O. The Morgan fingerprint density at radius 1 is 1.28 bits per heavy atom. The number of carbonyl (C=O) groups is 1. The van der Waals surface area contributed by atoms with Gasteiger partial charge in [-0.1, -0.05) is 0 Å². The van der Waals surface area contributed by atoms with Crippen molar-refractivity contribution in [2.75, 3.05) is 6.54 Å². The van der Waals surface area contributed by atoms with Crippen LogP contribution in [0.4, 0.5) is 4.39 Å². The van der Waals surface area contributed by atoms with Crippen molar-refractivity contribution in [2.45, 2.75) is 20.3 Å². The van der Waals surface area contributed by atoms with Gasteiger partial charge in [-0.2, -0.15) is 5.26 Å². The van der Waals surface area contributed by atoms with Crippen molar-refractivity contribution in [3.8, 4) is 6.07 Å². The molecule has 0 fully saturated rings. The van der Waals surface area contributed by atoms with Crippen LogP contribution in [0.3, 0.4) is 0 Å². The van der Waals surface area contributed by atoms with Crippen LogP contribution < -0.4 is 5.32 Å². The van der Waals surface area contributed by atoms with E-state index in [9.17, 15) is 9.18 Å². The number of aromatic amines is 1. The van der Waals surface area contributed by atoms with E-state index in [1.165, 1.54) is 23.3 Å². The van der Waals surface area contributed by atoms with Crippen LogP contribution in [0.5, 0.6) is 0 Å². The molecular weight excluding hydrogens is 319 g/mol. The predicted molar refractivity (Wildman–Crippen MR) is 92.7 cm³/mol. The number of nitrogens with zero attached hydrogens (tertiary/aromatic N) is 2. The van der Waals surface area contributed by atoms with Crippen LogP contribution in [0.15, 0.2) is 30.3 Å². The number of H-pyrrole nitrogens is 1. The second-order valence-corrected chi connectivity index (χ2v) is 5.95. The van der Waals surface area contributed by atoms with Crippen LogP contribution in [-0.4, -0.2) is 22.4 Å². The van der Waals surface area contributed by atoms with E-state index < -0.39 is 11.7 Å². The Morgan fingerprint density at radius 3 is 2.76 bits per heavy atom. The van der Waals surface area contributed by atoms with Crippen molar-refractivity contribution in [2.24, 2.45) is 0 Å². The fourth-order valence-electron chi connectivity index (χ4n) is 2.60. The molecule has 0 aliphatic carbocycles. The van der Waals surface area contributed by atoms with Crippen LogP contribution in [0.2, 0.25) is 0 Å².